The van der Waals surface area contributed by atoms with Gasteiger partial charge in [-0.15, -0.1) is 0 Å². The number of esters is 1. The maximum absolute atomic E-state index is 11.3. The molecular weight excluding hydrogens is 218 g/mol. The van der Waals surface area contributed by atoms with E-state index in [-0.39, 0.29) is 18.3 Å². The Labute approximate surface area is 101 Å². The van der Waals surface area contributed by atoms with Gasteiger partial charge in [-0.3, -0.25) is 9.59 Å². The lowest BCUT2D eigenvalue weighted by Crippen LogP contribution is -2.18. The number of nitrogens with one attached hydrogen (secondary N) is 1. The molecule has 0 radical (unpaired) electrons. The van der Waals surface area contributed by atoms with E-state index in [0.717, 1.165) is 6.42 Å². The molecule has 0 aromatic heterocycles. The number of benzene rings is 1. The largest absolute Gasteiger partial charge is 0.464 e. The van der Waals surface area contributed by atoms with Crippen molar-refractivity contribution in [3.8, 4) is 0 Å². The normalized spacial score (nSPS) is 9.76. The molecule has 1 N–H and O–H groups in total. The molecule has 17 heavy (non-hydrogen) atoms. The molecule has 92 valence electrons. The van der Waals surface area contributed by atoms with Crippen molar-refractivity contribution in [3.63, 3.8) is 0 Å². The zero-order valence-electron chi connectivity index (χ0n) is 10.2. The summed E-state index contributed by atoms with van der Waals surface area (Å²) in [5, 5.41) is 2.91. The molecule has 0 aliphatic rings. The van der Waals surface area contributed by atoms with Crippen molar-refractivity contribution in [2.24, 2.45) is 0 Å². The lowest BCUT2D eigenvalue weighted by Gasteiger charge is -2.09. The highest BCUT2D eigenvalue weighted by atomic mass is 16.5. The Bertz CT molecular complexity index is 401. The fourth-order valence-electron chi connectivity index (χ4n) is 1.38. The van der Waals surface area contributed by atoms with Crippen molar-refractivity contribution in [3.05, 3.63) is 29.8 Å². The molecule has 4 heteroatoms. The van der Waals surface area contributed by atoms with E-state index in [9.17, 15) is 9.59 Å². The lowest BCUT2D eigenvalue weighted by atomic mass is 10.1. The molecule has 0 aliphatic heterocycles. The third-order valence-corrected chi connectivity index (χ3v) is 2.20. The molecule has 0 atom stereocenters. The molecule has 0 amide bonds. The van der Waals surface area contributed by atoms with Gasteiger partial charge in [0, 0.05) is 11.3 Å². The molecular formula is C13H17NO3. The molecule has 0 saturated carbocycles. The molecule has 0 unspecified atom stereocenters. The molecule has 0 saturated heterocycles. The van der Waals surface area contributed by atoms with Gasteiger partial charge >= 0.3 is 5.97 Å². The van der Waals surface area contributed by atoms with Crippen molar-refractivity contribution in [1.29, 1.82) is 0 Å². The number of carbonyl (C=O) groups excluding carboxylic acids is 2. The smallest absolute Gasteiger partial charge is 0.325 e. The van der Waals surface area contributed by atoms with Gasteiger partial charge in [0.2, 0.25) is 0 Å². The first-order valence-electron chi connectivity index (χ1n) is 5.64. The Kier molecular flexibility index (Phi) is 5.20. The van der Waals surface area contributed by atoms with Crippen molar-refractivity contribution in [2.75, 3.05) is 18.5 Å². The Morgan fingerprint density at radius 1 is 1.29 bits per heavy atom. The van der Waals surface area contributed by atoms with E-state index < -0.39 is 0 Å². The van der Waals surface area contributed by atoms with Crippen LogP contribution in [0.25, 0.3) is 0 Å². The highest BCUT2D eigenvalue weighted by Crippen LogP contribution is 2.14. The highest BCUT2D eigenvalue weighted by molar-refractivity contribution is 5.99. The topological polar surface area (TPSA) is 55.4 Å². The quantitative estimate of drug-likeness (QED) is 0.607. The van der Waals surface area contributed by atoms with Gasteiger partial charge in [0.05, 0.1) is 6.61 Å². The third kappa shape index (κ3) is 4.26. The van der Waals surface area contributed by atoms with Crippen molar-refractivity contribution in [2.45, 2.75) is 20.3 Å². The Balaban J connectivity index is 2.57. The fraction of sp³-hybridized carbons (Fsp3) is 0.385. The summed E-state index contributed by atoms with van der Waals surface area (Å²) in [7, 11) is 0. The third-order valence-electron chi connectivity index (χ3n) is 2.20. The van der Waals surface area contributed by atoms with E-state index in [1.807, 2.05) is 13.0 Å². The zero-order chi connectivity index (χ0) is 12.7. The van der Waals surface area contributed by atoms with Crippen molar-refractivity contribution in [1.82, 2.24) is 0 Å². The van der Waals surface area contributed by atoms with Crippen LogP contribution in [0.4, 0.5) is 5.69 Å². The number of Topliss-reactive ketones (excluding diaryl/α,β-unsaturated/α-hetero) is 1. The number of anilines is 1. The summed E-state index contributed by atoms with van der Waals surface area (Å²) in [5.41, 5.74) is 1.24. The molecule has 0 heterocycles. The molecule has 0 spiro atoms. The standard InChI is InChI=1S/C13H17NO3/c1-3-8-17-13(16)9-14-12-7-5-4-6-11(12)10(2)15/h4-7,14H,3,8-9H2,1-2H3. The van der Waals surface area contributed by atoms with E-state index >= 15 is 0 Å². The minimum absolute atomic E-state index is 0.0324. The summed E-state index contributed by atoms with van der Waals surface area (Å²) in [6, 6.07) is 7.09. The van der Waals surface area contributed by atoms with E-state index in [1.165, 1.54) is 6.92 Å². The number of rotatable bonds is 6. The summed E-state index contributed by atoms with van der Waals surface area (Å²) >= 11 is 0. The van der Waals surface area contributed by atoms with Crippen molar-refractivity contribution >= 4 is 17.4 Å². The van der Waals surface area contributed by atoms with Crippen molar-refractivity contribution < 1.29 is 14.3 Å². The van der Waals surface area contributed by atoms with Gasteiger partial charge < -0.3 is 10.1 Å². The van der Waals surface area contributed by atoms with Gasteiger partial charge in [-0.25, -0.2) is 0 Å². The van der Waals surface area contributed by atoms with Crippen LogP contribution in [0.1, 0.15) is 30.6 Å². The van der Waals surface area contributed by atoms with Gasteiger partial charge in [-0.2, -0.15) is 0 Å². The molecule has 4 nitrogen and oxygen atoms in total. The van der Waals surface area contributed by atoms with Crippen LogP contribution in [-0.2, 0) is 9.53 Å². The molecule has 0 bridgehead atoms. The minimum Gasteiger partial charge on any atom is -0.464 e. The first-order valence-corrected chi connectivity index (χ1v) is 5.64. The van der Waals surface area contributed by atoms with Crippen LogP contribution in [0.15, 0.2) is 24.3 Å². The second kappa shape index (κ2) is 6.68. The zero-order valence-corrected chi connectivity index (χ0v) is 10.2. The maximum Gasteiger partial charge on any atom is 0.325 e. The predicted octanol–water partition coefficient (Wildman–Crippen LogP) is 2.25. The van der Waals surface area contributed by atoms with Gasteiger partial charge in [0.1, 0.15) is 6.54 Å². The van der Waals surface area contributed by atoms with Gasteiger partial charge in [-0.05, 0) is 25.5 Å². The Morgan fingerprint density at radius 2 is 2.00 bits per heavy atom. The van der Waals surface area contributed by atoms with Crippen LogP contribution in [0, 0.1) is 0 Å². The molecule has 1 aromatic rings. The van der Waals surface area contributed by atoms with E-state index in [4.69, 9.17) is 4.74 Å². The average Bonchev–Trinajstić information content (AvgIpc) is 2.34. The second-order valence-corrected chi connectivity index (χ2v) is 3.68. The summed E-state index contributed by atoms with van der Waals surface area (Å²) in [5.74, 6) is -0.347. The first-order chi connectivity index (χ1) is 8.15. The van der Waals surface area contributed by atoms with Crippen LogP contribution in [0.2, 0.25) is 0 Å². The Morgan fingerprint density at radius 3 is 2.65 bits per heavy atom. The number of ketones is 1. The van der Waals surface area contributed by atoms with E-state index in [1.54, 1.807) is 18.2 Å². The molecule has 0 fully saturated rings. The van der Waals surface area contributed by atoms with Crippen LogP contribution in [0.3, 0.4) is 0 Å². The summed E-state index contributed by atoms with van der Waals surface area (Å²) < 4.78 is 4.93. The first kappa shape index (κ1) is 13.2. The van der Waals surface area contributed by atoms with Gasteiger partial charge in [0.15, 0.2) is 5.78 Å². The number of hydrogen-bond acceptors (Lipinski definition) is 4. The maximum atomic E-state index is 11.3. The summed E-state index contributed by atoms with van der Waals surface area (Å²) in [6.07, 6.45) is 0.801. The molecule has 1 aromatic carbocycles. The monoisotopic (exact) mass is 235 g/mol. The lowest BCUT2D eigenvalue weighted by molar-refractivity contribution is -0.141. The fourth-order valence-corrected chi connectivity index (χ4v) is 1.38. The predicted molar refractivity (Wildman–Crippen MR) is 66.2 cm³/mol. The van der Waals surface area contributed by atoms with Crippen LogP contribution in [0.5, 0.6) is 0 Å². The summed E-state index contributed by atoms with van der Waals surface area (Å²) in [4.78, 5) is 22.6. The average molecular weight is 235 g/mol. The highest BCUT2D eigenvalue weighted by Gasteiger charge is 2.07. The molecule has 0 aliphatic carbocycles. The second-order valence-electron chi connectivity index (χ2n) is 3.68. The molecule has 1 rings (SSSR count). The Hall–Kier alpha value is -1.84. The number of para-hydroxylation sites is 1. The number of hydrogen-bond donors (Lipinski definition) is 1. The van der Waals surface area contributed by atoms with Crippen LogP contribution in [-0.4, -0.2) is 24.9 Å². The van der Waals surface area contributed by atoms with Crippen LogP contribution < -0.4 is 5.32 Å². The van der Waals surface area contributed by atoms with E-state index in [2.05, 4.69) is 5.32 Å². The van der Waals surface area contributed by atoms with Gasteiger partial charge in [-0.1, -0.05) is 19.1 Å². The minimum atomic E-state index is -0.315. The number of carbonyl (C=O) groups is 2. The van der Waals surface area contributed by atoms with E-state index in [0.29, 0.717) is 17.9 Å². The van der Waals surface area contributed by atoms with Crippen LogP contribution >= 0.6 is 0 Å². The SMILES string of the molecule is CCCOC(=O)CNc1ccccc1C(C)=O. The van der Waals surface area contributed by atoms with Gasteiger partial charge in [0.25, 0.3) is 0 Å². The summed E-state index contributed by atoms with van der Waals surface area (Å²) in [6.45, 7) is 3.93. The number of ether oxygens (including phenoxy) is 1.